The molecule has 0 N–H and O–H groups in total. The average molecular weight is 542 g/mol. The van der Waals surface area contributed by atoms with Gasteiger partial charge >= 0.3 is 0 Å². The number of hydrogen-bond donors (Lipinski definition) is 0. The molecule has 11 heteroatoms. The van der Waals surface area contributed by atoms with Gasteiger partial charge in [-0.15, -0.1) is 0 Å². The second kappa shape index (κ2) is 11.2. The van der Waals surface area contributed by atoms with Gasteiger partial charge in [0.1, 0.15) is 10.8 Å². The number of carbonyl (C=O) groups is 1. The number of para-hydroxylation sites is 2. The number of aromatic nitrogens is 2. The lowest BCUT2D eigenvalue weighted by molar-refractivity contribution is -0.129. The van der Waals surface area contributed by atoms with Gasteiger partial charge in [0, 0.05) is 39.3 Å². The van der Waals surface area contributed by atoms with E-state index in [0.717, 1.165) is 47.8 Å². The number of fused-ring (bicyclic) bond motifs is 1. The minimum absolute atomic E-state index is 0.0222. The molecule has 9 nitrogen and oxygen atoms in total. The first kappa shape index (κ1) is 25.7. The molecule has 0 unspecified atom stereocenters. The van der Waals surface area contributed by atoms with Crippen molar-refractivity contribution in [3.63, 3.8) is 0 Å². The van der Waals surface area contributed by atoms with E-state index >= 15 is 0 Å². The zero-order valence-electron chi connectivity index (χ0n) is 20.9. The van der Waals surface area contributed by atoms with Crippen LogP contribution >= 0.6 is 11.8 Å². The second-order valence-corrected chi connectivity index (χ2v) is 12.0. The number of carbonyl (C=O) groups excluding carboxylic acids is 1. The fourth-order valence-electron chi connectivity index (χ4n) is 4.68. The lowest BCUT2D eigenvalue weighted by Gasteiger charge is -2.34. The second-order valence-electron chi connectivity index (χ2n) is 9.14. The zero-order chi connectivity index (χ0) is 25.8. The van der Waals surface area contributed by atoms with Crippen LogP contribution in [0.3, 0.4) is 0 Å². The van der Waals surface area contributed by atoms with E-state index in [1.807, 2.05) is 24.3 Å². The number of hydrogen-bond acceptors (Lipinski definition) is 8. The quantitative estimate of drug-likeness (QED) is 0.421. The highest BCUT2D eigenvalue weighted by atomic mass is 32.2. The van der Waals surface area contributed by atoms with Gasteiger partial charge in [0.05, 0.1) is 28.8 Å². The first-order chi connectivity index (χ1) is 18.0. The van der Waals surface area contributed by atoms with Crippen LogP contribution < -0.4 is 9.64 Å². The van der Waals surface area contributed by atoms with Crippen molar-refractivity contribution < 1.29 is 17.9 Å². The maximum absolute atomic E-state index is 13.1. The summed E-state index contributed by atoms with van der Waals surface area (Å²) in [5, 5.41) is 0.773. The summed E-state index contributed by atoms with van der Waals surface area (Å²) < 4.78 is 32.6. The molecule has 0 atom stereocenters. The van der Waals surface area contributed by atoms with Crippen LogP contribution in [0.15, 0.2) is 58.5 Å². The summed E-state index contributed by atoms with van der Waals surface area (Å²) in [5.74, 6) is 1.67. The molecule has 0 saturated carbocycles. The Labute approximate surface area is 221 Å². The van der Waals surface area contributed by atoms with E-state index in [-0.39, 0.29) is 29.6 Å². The SMILES string of the molecule is COc1ccc(S(=O)(=O)N2CCN(C(=O)CSc3nc4ccccc4nc3N3CCCCC3)CC2)cc1. The lowest BCUT2D eigenvalue weighted by Crippen LogP contribution is -2.50. The van der Waals surface area contributed by atoms with Crippen LogP contribution in [0, 0.1) is 0 Å². The molecule has 1 aromatic heterocycles. The van der Waals surface area contributed by atoms with Gasteiger partial charge in [0.25, 0.3) is 0 Å². The van der Waals surface area contributed by atoms with Crippen LogP contribution in [0.1, 0.15) is 19.3 Å². The Morgan fingerprint density at radius 3 is 2.19 bits per heavy atom. The standard InChI is InChI=1S/C26H31N5O4S2/c1-35-20-9-11-21(12-10-20)37(33,34)31-17-15-29(16-18-31)24(32)19-36-26-25(30-13-5-2-6-14-30)27-22-7-3-4-8-23(22)28-26/h3-4,7-12H,2,5-6,13-19H2,1H3. The Kier molecular flexibility index (Phi) is 7.82. The van der Waals surface area contributed by atoms with Crippen LogP contribution in [-0.4, -0.2) is 85.6 Å². The van der Waals surface area contributed by atoms with Crippen molar-refractivity contribution in [1.29, 1.82) is 0 Å². The minimum Gasteiger partial charge on any atom is -0.497 e. The van der Waals surface area contributed by atoms with Crippen LogP contribution in [0.5, 0.6) is 5.75 Å². The third-order valence-corrected chi connectivity index (χ3v) is 9.65. The van der Waals surface area contributed by atoms with Gasteiger partial charge in [-0.3, -0.25) is 4.79 Å². The van der Waals surface area contributed by atoms with Gasteiger partial charge < -0.3 is 14.5 Å². The monoisotopic (exact) mass is 541 g/mol. The van der Waals surface area contributed by atoms with Gasteiger partial charge in [-0.25, -0.2) is 18.4 Å². The number of anilines is 1. The molecule has 3 heterocycles. The summed E-state index contributed by atoms with van der Waals surface area (Å²) in [7, 11) is -2.08. The molecule has 3 aromatic rings. The van der Waals surface area contributed by atoms with Crippen LogP contribution in [0.4, 0.5) is 5.82 Å². The molecule has 2 aromatic carbocycles. The smallest absolute Gasteiger partial charge is 0.243 e. The van der Waals surface area contributed by atoms with Gasteiger partial charge in [-0.05, 0) is 55.7 Å². The minimum atomic E-state index is -3.62. The summed E-state index contributed by atoms with van der Waals surface area (Å²) in [6, 6.07) is 14.2. The molecule has 2 aliphatic rings. The van der Waals surface area contributed by atoms with E-state index < -0.39 is 10.0 Å². The first-order valence-electron chi connectivity index (χ1n) is 12.5. The molecule has 196 valence electrons. The number of nitrogens with zero attached hydrogens (tertiary/aromatic N) is 5. The fraction of sp³-hybridized carbons (Fsp3) is 0.423. The van der Waals surface area contributed by atoms with Crippen molar-refractivity contribution in [3.05, 3.63) is 48.5 Å². The third-order valence-electron chi connectivity index (χ3n) is 6.80. The molecule has 2 aliphatic heterocycles. The fourth-order valence-corrected chi connectivity index (χ4v) is 7.01. The molecule has 37 heavy (non-hydrogen) atoms. The van der Waals surface area contributed by atoms with Crippen molar-refractivity contribution >= 4 is 44.5 Å². The summed E-state index contributed by atoms with van der Waals surface area (Å²) >= 11 is 1.41. The molecular weight excluding hydrogens is 510 g/mol. The Balaban J connectivity index is 1.23. The number of rotatable bonds is 7. The number of methoxy groups -OCH3 is 1. The largest absolute Gasteiger partial charge is 0.497 e. The third kappa shape index (κ3) is 5.68. The van der Waals surface area contributed by atoms with Crippen molar-refractivity contribution in [1.82, 2.24) is 19.2 Å². The van der Waals surface area contributed by atoms with E-state index in [9.17, 15) is 13.2 Å². The number of piperazine rings is 1. The zero-order valence-corrected chi connectivity index (χ0v) is 22.5. The van der Waals surface area contributed by atoms with Crippen molar-refractivity contribution in [2.24, 2.45) is 0 Å². The van der Waals surface area contributed by atoms with Gasteiger partial charge in [0.2, 0.25) is 15.9 Å². The Morgan fingerprint density at radius 2 is 1.54 bits per heavy atom. The van der Waals surface area contributed by atoms with E-state index in [1.165, 1.54) is 22.5 Å². The highest BCUT2D eigenvalue weighted by molar-refractivity contribution is 8.00. The van der Waals surface area contributed by atoms with Crippen molar-refractivity contribution in [2.75, 3.05) is 57.0 Å². The van der Waals surface area contributed by atoms with Crippen LogP contribution in [0.25, 0.3) is 11.0 Å². The summed E-state index contributed by atoms with van der Waals surface area (Å²) in [4.78, 5) is 27.1. The normalized spacial score (nSPS) is 17.2. The van der Waals surface area contributed by atoms with Crippen LogP contribution in [0.2, 0.25) is 0 Å². The summed E-state index contributed by atoms with van der Waals surface area (Å²) in [6.45, 7) is 3.13. The van der Waals surface area contributed by atoms with E-state index in [2.05, 4.69) is 4.90 Å². The lowest BCUT2D eigenvalue weighted by atomic mass is 10.1. The number of benzene rings is 2. The first-order valence-corrected chi connectivity index (χ1v) is 14.9. The molecule has 5 rings (SSSR count). The highest BCUT2D eigenvalue weighted by Crippen LogP contribution is 2.31. The molecule has 0 spiro atoms. The van der Waals surface area contributed by atoms with Crippen molar-refractivity contribution in [2.45, 2.75) is 29.2 Å². The van der Waals surface area contributed by atoms with E-state index in [4.69, 9.17) is 14.7 Å². The van der Waals surface area contributed by atoms with Gasteiger partial charge in [-0.1, -0.05) is 23.9 Å². The summed E-state index contributed by atoms with van der Waals surface area (Å²) in [5.41, 5.74) is 1.67. The molecule has 0 aliphatic carbocycles. The Bertz CT molecular complexity index is 1350. The predicted molar refractivity (Wildman–Crippen MR) is 145 cm³/mol. The average Bonchev–Trinajstić information content (AvgIpc) is 2.96. The number of sulfonamides is 1. The number of amides is 1. The van der Waals surface area contributed by atoms with E-state index in [1.54, 1.807) is 36.3 Å². The summed E-state index contributed by atoms with van der Waals surface area (Å²) in [6.07, 6.45) is 3.47. The molecular formula is C26H31N5O4S2. The Hall–Kier alpha value is -2.89. The molecule has 1 amide bonds. The highest BCUT2D eigenvalue weighted by Gasteiger charge is 2.30. The van der Waals surface area contributed by atoms with Crippen molar-refractivity contribution in [3.8, 4) is 5.75 Å². The maximum Gasteiger partial charge on any atom is 0.243 e. The number of piperidine rings is 1. The molecule has 2 fully saturated rings. The van der Waals surface area contributed by atoms with Crippen LogP contribution in [-0.2, 0) is 14.8 Å². The topological polar surface area (TPSA) is 95.9 Å². The van der Waals surface area contributed by atoms with E-state index in [0.29, 0.717) is 18.8 Å². The van der Waals surface area contributed by atoms with Gasteiger partial charge in [-0.2, -0.15) is 4.31 Å². The van der Waals surface area contributed by atoms with Gasteiger partial charge in [0.15, 0.2) is 5.82 Å². The number of thioether (sulfide) groups is 1. The molecule has 2 saturated heterocycles. The predicted octanol–water partition coefficient (Wildman–Crippen LogP) is 3.25. The maximum atomic E-state index is 13.1. The molecule has 0 radical (unpaired) electrons. The Morgan fingerprint density at radius 1 is 0.892 bits per heavy atom. The molecule has 0 bridgehead atoms. The number of ether oxygens (including phenoxy) is 1.